The first-order valence-electron chi connectivity index (χ1n) is 9.30. The number of hydrogen-bond acceptors (Lipinski definition) is 6. The van der Waals surface area contributed by atoms with Crippen molar-refractivity contribution < 1.29 is 14.4 Å². The van der Waals surface area contributed by atoms with Crippen LogP contribution < -0.4 is 16.8 Å². The maximum atomic E-state index is 12.8. The van der Waals surface area contributed by atoms with Crippen molar-refractivity contribution in [3.05, 3.63) is 73.6 Å². The van der Waals surface area contributed by atoms with Crippen LogP contribution in [-0.2, 0) is 11.2 Å². The Balaban J connectivity index is 1.55. The molecule has 5 N–H and O–H groups in total. The molecule has 0 spiro atoms. The standard InChI is InChI=1S/C21H20N4O3S2/c22-20(27)12-8-13(21(23)28)10-14(9-12)24-18(26)11-25-5-3-16-15(4-7-30-16)19(25)17-2-1-6-29-17/h1-2,4,6-10,19H,3,5,11H2,(H2,22,27)(H2,23,28)(H,24,26). The van der Waals surface area contributed by atoms with Gasteiger partial charge in [-0.05, 0) is 53.1 Å². The van der Waals surface area contributed by atoms with Gasteiger partial charge in [-0.3, -0.25) is 19.3 Å². The third-order valence-electron chi connectivity index (χ3n) is 5.01. The zero-order valence-electron chi connectivity index (χ0n) is 16.0. The Morgan fingerprint density at radius 2 is 1.77 bits per heavy atom. The molecule has 0 saturated heterocycles. The lowest BCUT2D eigenvalue weighted by Gasteiger charge is -2.34. The summed E-state index contributed by atoms with van der Waals surface area (Å²) in [5.41, 5.74) is 12.4. The number of nitrogens with zero attached hydrogens (tertiary/aromatic N) is 1. The molecule has 3 heterocycles. The number of carbonyl (C=O) groups excluding carboxylic acids is 3. The third kappa shape index (κ3) is 4.13. The topological polar surface area (TPSA) is 119 Å². The Labute approximate surface area is 181 Å². The first-order chi connectivity index (χ1) is 14.4. The van der Waals surface area contributed by atoms with Crippen molar-refractivity contribution >= 4 is 46.1 Å². The second-order valence-electron chi connectivity index (χ2n) is 7.01. The highest BCUT2D eigenvalue weighted by Gasteiger charge is 2.31. The molecule has 7 nitrogen and oxygen atoms in total. The number of fused-ring (bicyclic) bond motifs is 1. The Bertz CT molecular complexity index is 1080. The van der Waals surface area contributed by atoms with Gasteiger partial charge >= 0.3 is 0 Å². The van der Waals surface area contributed by atoms with Gasteiger partial charge in [-0.25, -0.2) is 0 Å². The molecule has 0 bridgehead atoms. The molecule has 154 valence electrons. The van der Waals surface area contributed by atoms with Crippen molar-refractivity contribution in [1.82, 2.24) is 4.90 Å². The van der Waals surface area contributed by atoms with E-state index in [0.717, 1.165) is 13.0 Å². The van der Waals surface area contributed by atoms with Crippen molar-refractivity contribution in [2.24, 2.45) is 11.5 Å². The summed E-state index contributed by atoms with van der Waals surface area (Å²) in [5.74, 6) is -1.65. The highest BCUT2D eigenvalue weighted by molar-refractivity contribution is 7.10. The molecular weight excluding hydrogens is 420 g/mol. The summed E-state index contributed by atoms with van der Waals surface area (Å²) in [7, 11) is 0. The monoisotopic (exact) mass is 440 g/mol. The van der Waals surface area contributed by atoms with Gasteiger partial charge in [0.15, 0.2) is 0 Å². The third-order valence-corrected chi connectivity index (χ3v) is 6.93. The molecule has 1 atom stereocenters. The van der Waals surface area contributed by atoms with E-state index in [1.54, 1.807) is 22.7 Å². The maximum Gasteiger partial charge on any atom is 0.248 e. The van der Waals surface area contributed by atoms with Crippen LogP contribution >= 0.6 is 22.7 Å². The summed E-state index contributed by atoms with van der Waals surface area (Å²) in [4.78, 5) is 40.6. The number of rotatable bonds is 6. The minimum Gasteiger partial charge on any atom is -0.366 e. The lowest BCUT2D eigenvalue weighted by atomic mass is 9.98. The normalized spacial score (nSPS) is 16.1. The highest BCUT2D eigenvalue weighted by atomic mass is 32.1. The van der Waals surface area contributed by atoms with Gasteiger partial charge < -0.3 is 16.8 Å². The molecule has 1 aliphatic rings. The van der Waals surface area contributed by atoms with Crippen LogP contribution in [0.3, 0.4) is 0 Å². The lowest BCUT2D eigenvalue weighted by molar-refractivity contribution is -0.117. The molecule has 1 aromatic carbocycles. The SMILES string of the molecule is NC(=O)c1cc(NC(=O)CN2CCc3sccc3C2c2cccs2)cc(C(N)=O)c1. The first-order valence-corrected chi connectivity index (χ1v) is 11.1. The molecule has 1 aliphatic heterocycles. The van der Waals surface area contributed by atoms with E-state index in [1.165, 1.54) is 33.5 Å². The van der Waals surface area contributed by atoms with E-state index >= 15 is 0 Å². The van der Waals surface area contributed by atoms with E-state index in [1.807, 2.05) is 11.4 Å². The Hall–Kier alpha value is -3.01. The minimum atomic E-state index is -0.702. The molecular formula is C21H20N4O3S2. The summed E-state index contributed by atoms with van der Waals surface area (Å²) >= 11 is 3.42. The average Bonchev–Trinajstić information content (AvgIpc) is 3.39. The van der Waals surface area contributed by atoms with Crippen LogP contribution in [0.2, 0.25) is 0 Å². The highest BCUT2D eigenvalue weighted by Crippen LogP contribution is 2.39. The van der Waals surface area contributed by atoms with Crippen LogP contribution in [0, 0.1) is 0 Å². The molecule has 0 radical (unpaired) electrons. The summed E-state index contributed by atoms with van der Waals surface area (Å²) in [6.07, 6.45) is 0.894. The Morgan fingerprint density at radius 3 is 2.40 bits per heavy atom. The van der Waals surface area contributed by atoms with E-state index in [-0.39, 0.29) is 29.6 Å². The summed E-state index contributed by atoms with van der Waals surface area (Å²) in [6.45, 7) is 0.932. The van der Waals surface area contributed by atoms with Crippen molar-refractivity contribution in [3.63, 3.8) is 0 Å². The molecule has 30 heavy (non-hydrogen) atoms. The van der Waals surface area contributed by atoms with Crippen molar-refractivity contribution in [2.45, 2.75) is 12.5 Å². The Kier molecular flexibility index (Phi) is 5.67. The lowest BCUT2D eigenvalue weighted by Crippen LogP contribution is -2.40. The zero-order valence-corrected chi connectivity index (χ0v) is 17.6. The van der Waals surface area contributed by atoms with Gasteiger partial charge in [0.25, 0.3) is 0 Å². The fourth-order valence-corrected chi connectivity index (χ4v) is 5.47. The fourth-order valence-electron chi connectivity index (χ4n) is 3.69. The van der Waals surface area contributed by atoms with E-state index < -0.39 is 11.8 Å². The van der Waals surface area contributed by atoms with Crippen LogP contribution in [0.25, 0.3) is 0 Å². The van der Waals surface area contributed by atoms with Gasteiger partial charge in [-0.15, -0.1) is 22.7 Å². The Morgan fingerprint density at radius 1 is 1.03 bits per heavy atom. The predicted octanol–water partition coefficient (Wildman–Crippen LogP) is 2.59. The molecule has 0 fully saturated rings. The van der Waals surface area contributed by atoms with Crippen molar-refractivity contribution in [1.29, 1.82) is 0 Å². The van der Waals surface area contributed by atoms with Crippen LogP contribution in [0.4, 0.5) is 5.69 Å². The van der Waals surface area contributed by atoms with Gasteiger partial charge in [0, 0.05) is 33.1 Å². The zero-order chi connectivity index (χ0) is 21.3. The summed E-state index contributed by atoms with van der Waals surface area (Å²) < 4.78 is 0. The van der Waals surface area contributed by atoms with Gasteiger partial charge in [0.1, 0.15) is 0 Å². The molecule has 0 saturated carbocycles. The van der Waals surface area contributed by atoms with Crippen LogP contribution in [0.15, 0.2) is 47.2 Å². The molecule has 3 amide bonds. The number of benzene rings is 1. The summed E-state index contributed by atoms with van der Waals surface area (Å²) in [6, 6.07) is 10.5. The van der Waals surface area contributed by atoms with E-state index in [4.69, 9.17) is 11.5 Å². The number of thiophene rings is 2. The maximum absolute atomic E-state index is 12.8. The van der Waals surface area contributed by atoms with Gasteiger partial charge in [0.2, 0.25) is 17.7 Å². The largest absolute Gasteiger partial charge is 0.366 e. The predicted molar refractivity (Wildman–Crippen MR) is 118 cm³/mol. The van der Waals surface area contributed by atoms with E-state index in [9.17, 15) is 14.4 Å². The molecule has 3 aromatic rings. The number of amides is 3. The van der Waals surface area contributed by atoms with Crippen molar-refractivity contribution in [2.75, 3.05) is 18.4 Å². The number of carbonyl (C=O) groups is 3. The van der Waals surface area contributed by atoms with Crippen molar-refractivity contribution in [3.8, 4) is 0 Å². The number of primary amides is 2. The van der Waals surface area contributed by atoms with Crippen LogP contribution in [-0.4, -0.2) is 35.7 Å². The first kappa shape index (κ1) is 20.3. The number of nitrogens with one attached hydrogen (secondary N) is 1. The number of anilines is 1. The second-order valence-corrected chi connectivity index (χ2v) is 8.99. The molecule has 4 rings (SSSR count). The number of hydrogen-bond donors (Lipinski definition) is 3. The fraction of sp³-hybridized carbons (Fsp3) is 0.190. The summed E-state index contributed by atoms with van der Waals surface area (Å²) in [5, 5.41) is 6.90. The molecule has 1 unspecified atom stereocenters. The molecule has 2 aromatic heterocycles. The quantitative estimate of drug-likeness (QED) is 0.546. The van der Waals surface area contributed by atoms with Crippen LogP contribution in [0.1, 0.15) is 42.1 Å². The second kappa shape index (κ2) is 8.39. The average molecular weight is 441 g/mol. The smallest absolute Gasteiger partial charge is 0.248 e. The van der Waals surface area contributed by atoms with E-state index in [2.05, 4.69) is 27.7 Å². The molecule has 0 aliphatic carbocycles. The van der Waals surface area contributed by atoms with Gasteiger partial charge in [-0.2, -0.15) is 0 Å². The molecule has 9 heteroatoms. The van der Waals surface area contributed by atoms with Gasteiger partial charge in [-0.1, -0.05) is 6.07 Å². The van der Waals surface area contributed by atoms with Gasteiger partial charge in [0.05, 0.1) is 12.6 Å². The van der Waals surface area contributed by atoms with E-state index in [0.29, 0.717) is 5.69 Å². The number of nitrogens with two attached hydrogens (primary N) is 2. The van der Waals surface area contributed by atoms with Crippen LogP contribution in [0.5, 0.6) is 0 Å². The minimum absolute atomic E-state index is 0.0314.